The maximum absolute atomic E-state index is 12.0. The van der Waals surface area contributed by atoms with Gasteiger partial charge in [0.2, 0.25) is 5.91 Å². The van der Waals surface area contributed by atoms with Gasteiger partial charge in [0.1, 0.15) is 24.1 Å². The molecule has 0 bridgehead atoms. The van der Waals surface area contributed by atoms with Crippen molar-refractivity contribution in [1.82, 2.24) is 9.55 Å². The molecule has 1 amide bonds. The number of aliphatic hydroxyl groups excluding tert-OH is 2. The molecule has 2 heterocycles. The van der Waals surface area contributed by atoms with Crippen LogP contribution in [0, 0.1) is 0 Å². The fraction of sp³-hybridized carbons (Fsp3) is 0.353. The van der Waals surface area contributed by atoms with Crippen molar-refractivity contribution in [3.05, 3.63) is 57.4 Å². The van der Waals surface area contributed by atoms with E-state index in [2.05, 4.69) is 34.6 Å². The summed E-state index contributed by atoms with van der Waals surface area (Å²) in [6, 6.07) is 5.77. The molecule has 0 spiro atoms. The fourth-order valence-electron chi connectivity index (χ4n) is 2.97. The molecule has 19 heteroatoms. The molecule has 0 aliphatic carbocycles. The van der Waals surface area contributed by atoms with Crippen molar-refractivity contribution < 1.29 is 52.0 Å². The van der Waals surface area contributed by atoms with Crippen molar-refractivity contribution in [2.24, 2.45) is 0 Å². The van der Waals surface area contributed by atoms with Crippen molar-refractivity contribution in [2.45, 2.75) is 24.5 Å². The largest absolute Gasteiger partial charge is 0.756 e. The first-order chi connectivity index (χ1) is 16.8. The van der Waals surface area contributed by atoms with Crippen LogP contribution < -0.4 is 30.9 Å². The molecule has 1 aromatic carbocycles. The summed E-state index contributed by atoms with van der Waals surface area (Å²) in [5.74, 6) is -0.705. The minimum absolute atomic E-state index is 0.0296. The Kier molecular flexibility index (Phi) is 9.06. The van der Waals surface area contributed by atoms with Gasteiger partial charge in [0.05, 0.1) is 11.9 Å². The number of H-pyrrole nitrogens is 1. The molecule has 198 valence electrons. The summed E-state index contributed by atoms with van der Waals surface area (Å²) in [4.78, 5) is 60.3. The fourth-order valence-corrected chi connectivity index (χ4v) is 5.13. The Hall–Kier alpha value is -2.17. The summed E-state index contributed by atoms with van der Waals surface area (Å²) in [5, 5.41) is 22.7. The van der Waals surface area contributed by atoms with Gasteiger partial charge in [0.15, 0.2) is 6.23 Å². The molecule has 0 radical (unpaired) electrons. The van der Waals surface area contributed by atoms with Gasteiger partial charge in [-0.15, -0.1) is 0 Å². The van der Waals surface area contributed by atoms with Crippen LogP contribution >= 0.6 is 31.6 Å². The average Bonchev–Trinajstić information content (AvgIpc) is 3.06. The van der Waals surface area contributed by atoms with E-state index >= 15 is 0 Å². The van der Waals surface area contributed by atoms with E-state index in [1.54, 1.807) is 0 Å². The second-order valence-electron chi connectivity index (χ2n) is 7.13. The number of halogens is 1. The summed E-state index contributed by atoms with van der Waals surface area (Å²) in [7, 11) is -11.1. The summed E-state index contributed by atoms with van der Waals surface area (Å²) in [6.07, 6.45) is -5.55. The zero-order valence-electron chi connectivity index (χ0n) is 17.8. The Labute approximate surface area is 209 Å². The van der Waals surface area contributed by atoms with Crippen LogP contribution in [0.2, 0.25) is 0 Å². The molecule has 16 nitrogen and oxygen atoms in total. The Morgan fingerprint density at radius 3 is 2.42 bits per heavy atom. The number of phosphoric ester groups is 2. The Balaban J connectivity index is 1.59. The number of aliphatic hydroxyl groups is 2. The third-order valence-corrected chi connectivity index (χ3v) is 7.55. The molecule has 2 aromatic rings. The Morgan fingerprint density at radius 2 is 1.81 bits per heavy atom. The van der Waals surface area contributed by atoms with Crippen LogP contribution in [0.25, 0.3) is 0 Å². The number of nitrogens with zero attached hydrogens (tertiary/aromatic N) is 1. The molecular formula is C17H18BrN3O13P2-2. The first-order valence-corrected chi connectivity index (χ1v) is 13.8. The number of phosphoric acid groups is 2. The Bertz CT molecular complexity index is 1300. The second-order valence-corrected chi connectivity index (χ2v) is 10.6. The van der Waals surface area contributed by atoms with E-state index in [9.17, 15) is 43.5 Å². The van der Waals surface area contributed by atoms with Crippen LogP contribution in [-0.4, -0.2) is 55.9 Å². The minimum Gasteiger partial charge on any atom is -0.756 e. The molecule has 1 fully saturated rings. The maximum atomic E-state index is 12.0. The molecule has 36 heavy (non-hydrogen) atoms. The van der Waals surface area contributed by atoms with Gasteiger partial charge in [-0.05, 0) is 24.3 Å². The quantitative estimate of drug-likeness (QED) is 0.177. The van der Waals surface area contributed by atoms with Crippen LogP contribution in [0.4, 0.5) is 5.69 Å². The second kappa shape index (κ2) is 11.5. The van der Waals surface area contributed by atoms with Gasteiger partial charge in [-0.25, -0.2) is 9.11 Å². The molecule has 0 saturated carbocycles. The van der Waals surface area contributed by atoms with E-state index < -0.39 is 58.0 Å². The molecule has 4 N–H and O–H groups in total. The monoisotopic (exact) mass is 613 g/mol. The van der Waals surface area contributed by atoms with E-state index in [4.69, 9.17) is 4.74 Å². The van der Waals surface area contributed by atoms with Crippen LogP contribution in [0.1, 0.15) is 6.23 Å². The first-order valence-electron chi connectivity index (χ1n) is 9.77. The summed E-state index contributed by atoms with van der Waals surface area (Å²) < 4.78 is 43.0. The first kappa shape index (κ1) is 28.4. The highest BCUT2D eigenvalue weighted by molar-refractivity contribution is 9.09. The van der Waals surface area contributed by atoms with Gasteiger partial charge < -0.3 is 39.1 Å². The van der Waals surface area contributed by atoms with Gasteiger partial charge in [-0.1, -0.05) is 15.9 Å². The average molecular weight is 614 g/mol. The lowest BCUT2D eigenvalue weighted by Crippen LogP contribution is -2.37. The number of ether oxygens (including phenoxy) is 1. The number of alkyl halides is 1. The van der Waals surface area contributed by atoms with Gasteiger partial charge in [-0.2, -0.15) is 0 Å². The van der Waals surface area contributed by atoms with Gasteiger partial charge in [0.25, 0.3) is 13.4 Å². The number of hydrogen-bond acceptors (Lipinski definition) is 13. The number of carbonyl (C=O) groups is 1. The topological polar surface area (TPSA) is 242 Å². The number of amides is 1. The van der Waals surface area contributed by atoms with Gasteiger partial charge in [-0.3, -0.25) is 28.3 Å². The highest BCUT2D eigenvalue weighted by atomic mass is 79.9. The van der Waals surface area contributed by atoms with Crippen LogP contribution in [0.3, 0.4) is 0 Å². The maximum Gasteiger partial charge on any atom is 0.330 e. The van der Waals surface area contributed by atoms with Crippen LogP contribution in [0.5, 0.6) is 5.75 Å². The lowest BCUT2D eigenvalue weighted by Gasteiger charge is -2.31. The Morgan fingerprint density at radius 1 is 1.14 bits per heavy atom. The summed E-state index contributed by atoms with van der Waals surface area (Å²) in [6.45, 7) is -1.00. The molecule has 1 aromatic heterocycles. The highest BCUT2D eigenvalue weighted by Gasteiger charge is 2.44. The third-order valence-electron chi connectivity index (χ3n) is 4.54. The number of nitrogens with one attached hydrogen (secondary N) is 2. The summed E-state index contributed by atoms with van der Waals surface area (Å²) >= 11 is 2.95. The van der Waals surface area contributed by atoms with E-state index in [0.717, 1.165) is 29.0 Å². The molecule has 1 saturated heterocycles. The van der Waals surface area contributed by atoms with E-state index in [1.807, 2.05) is 4.98 Å². The highest BCUT2D eigenvalue weighted by Crippen LogP contribution is 2.55. The molecule has 2 unspecified atom stereocenters. The van der Waals surface area contributed by atoms with Crippen molar-refractivity contribution in [1.29, 1.82) is 0 Å². The number of benzene rings is 1. The minimum atomic E-state index is -5.59. The number of carbonyl (C=O) groups excluding carboxylic acids is 1. The predicted octanol–water partition coefficient (Wildman–Crippen LogP) is -1.46. The number of aromatic amines is 1. The molecule has 1 aliphatic rings. The lowest BCUT2D eigenvalue weighted by molar-refractivity contribution is -0.241. The van der Waals surface area contributed by atoms with E-state index in [-0.39, 0.29) is 17.0 Å². The van der Waals surface area contributed by atoms with Crippen LogP contribution in [0.15, 0.2) is 46.1 Å². The third kappa shape index (κ3) is 7.43. The smallest absolute Gasteiger partial charge is 0.330 e. The zero-order valence-corrected chi connectivity index (χ0v) is 21.2. The van der Waals surface area contributed by atoms with E-state index in [0.29, 0.717) is 5.69 Å². The van der Waals surface area contributed by atoms with Crippen LogP contribution in [-0.2, 0) is 27.5 Å². The van der Waals surface area contributed by atoms with Crippen molar-refractivity contribution in [3.8, 4) is 5.75 Å². The van der Waals surface area contributed by atoms with E-state index in [1.165, 1.54) is 12.1 Å². The van der Waals surface area contributed by atoms with Crippen molar-refractivity contribution >= 4 is 43.2 Å². The number of hydrogen-bond donors (Lipinski definition) is 4. The number of aromatic nitrogens is 2. The van der Waals surface area contributed by atoms with Gasteiger partial charge in [0, 0.05) is 18.0 Å². The standard InChI is InChI=1S/C17H20BrN3O13P2/c18-7-13(23)19-9-1-3-10(4-2-9)33-36(29,30)34-35(27,28)31-8-11-14(24)15(25)16(32-11)21-6-5-12(22)20-17(21)26/h1-6,11,14-16,24-25H,7-8H2,(H,19,23)(H,27,28)(H,29,30)(H,20,22,26)/p-2/t11-,14-,15-,16-/m1/s1. The van der Waals surface area contributed by atoms with Crippen molar-refractivity contribution in [3.63, 3.8) is 0 Å². The van der Waals surface area contributed by atoms with Gasteiger partial charge >= 0.3 is 13.5 Å². The summed E-state index contributed by atoms with van der Waals surface area (Å²) in [5.41, 5.74) is -1.39. The molecule has 1 aliphatic heterocycles. The normalized spacial score (nSPS) is 25.0. The molecule has 6 atom stereocenters. The molecule has 3 rings (SSSR count). The number of rotatable bonds is 10. The zero-order chi connectivity index (χ0) is 26.7. The SMILES string of the molecule is O=C(CBr)Nc1ccc(OP(=O)([O-])OP(=O)([O-])OC[C@H]2O[C@@H](n3ccc(=O)[nH]c3=O)[C@H](O)[C@@H]2O)cc1. The van der Waals surface area contributed by atoms with Crippen molar-refractivity contribution in [2.75, 3.05) is 17.3 Å². The number of anilines is 1. The lowest BCUT2D eigenvalue weighted by atomic mass is 10.1. The predicted molar refractivity (Wildman–Crippen MR) is 119 cm³/mol. The molecular weight excluding hydrogens is 596 g/mol.